The fraction of sp³-hybridized carbons (Fsp3) is 0.455. The van der Waals surface area contributed by atoms with Gasteiger partial charge in [-0.05, 0) is 68.1 Å². The number of thioether (sulfide) groups is 1. The summed E-state index contributed by atoms with van der Waals surface area (Å²) < 4.78 is 0. The van der Waals surface area contributed by atoms with Crippen molar-refractivity contribution in [1.82, 2.24) is 15.2 Å². The number of amides is 1. The van der Waals surface area contributed by atoms with Crippen LogP contribution in [0.25, 0.3) is 11.3 Å². The number of likely N-dealkylation sites (tertiary alicyclic amines) is 1. The average Bonchev–Trinajstić information content (AvgIpc) is 2.72. The highest BCUT2D eigenvalue weighted by atomic mass is 32.2. The molecule has 144 valence electrons. The quantitative estimate of drug-likeness (QED) is 0.694. The SMILES string of the molecule is CSCCCNC(=O)c1cccc(-c2ccc(CN3CCCCC3)cn2)c1. The van der Waals surface area contributed by atoms with Crippen LogP contribution in [0.4, 0.5) is 0 Å². The van der Waals surface area contributed by atoms with Crippen LogP contribution in [0.1, 0.15) is 41.6 Å². The minimum Gasteiger partial charge on any atom is -0.352 e. The fourth-order valence-electron chi connectivity index (χ4n) is 3.40. The molecule has 2 aromatic rings. The normalized spacial score (nSPS) is 14.9. The van der Waals surface area contributed by atoms with Crippen molar-refractivity contribution in [2.45, 2.75) is 32.2 Å². The third kappa shape index (κ3) is 6.08. The van der Waals surface area contributed by atoms with Gasteiger partial charge in [0.05, 0.1) is 5.69 Å². The Morgan fingerprint density at radius 1 is 1.19 bits per heavy atom. The molecule has 1 saturated heterocycles. The first-order valence-corrected chi connectivity index (χ1v) is 11.2. The van der Waals surface area contributed by atoms with Crippen LogP contribution in [0.2, 0.25) is 0 Å². The first-order valence-electron chi connectivity index (χ1n) is 9.81. The maximum atomic E-state index is 12.3. The summed E-state index contributed by atoms with van der Waals surface area (Å²) in [7, 11) is 0. The van der Waals surface area contributed by atoms with Crippen LogP contribution in [0.15, 0.2) is 42.6 Å². The average molecular weight is 384 g/mol. The van der Waals surface area contributed by atoms with Gasteiger partial charge in [0.25, 0.3) is 5.91 Å². The van der Waals surface area contributed by atoms with Crippen LogP contribution >= 0.6 is 11.8 Å². The molecule has 1 amide bonds. The first kappa shape index (κ1) is 19.9. The topological polar surface area (TPSA) is 45.2 Å². The number of nitrogens with zero attached hydrogens (tertiary/aromatic N) is 2. The Morgan fingerprint density at radius 2 is 2.04 bits per heavy atom. The molecule has 1 fully saturated rings. The number of rotatable bonds is 8. The predicted molar refractivity (Wildman–Crippen MR) is 114 cm³/mol. The van der Waals surface area contributed by atoms with Crippen molar-refractivity contribution in [3.63, 3.8) is 0 Å². The van der Waals surface area contributed by atoms with Gasteiger partial charge in [0.1, 0.15) is 0 Å². The molecule has 0 bridgehead atoms. The Hall–Kier alpha value is -1.85. The molecule has 0 unspecified atom stereocenters. The second-order valence-corrected chi connectivity index (χ2v) is 8.06. The lowest BCUT2D eigenvalue weighted by molar-refractivity contribution is 0.0954. The van der Waals surface area contributed by atoms with E-state index in [9.17, 15) is 4.79 Å². The summed E-state index contributed by atoms with van der Waals surface area (Å²) >= 11 is 1.80. The monoisotopic (exact) mass is 383 g/mol. The highest BCUT2D eigenvalue weighted by Gasteiger charge is 2.11. The molecular formula is C22H29N3OS. The van der Waals surface area contributed by atoms with E-state index in [0.29, 0.717) is 12.1 Å². The Labute approximate surface area is 166 Å². The first-order chi connectivity index (χ1) is 13.3. The lowest BCUT2D eigenvalue weighted by atomic mass is 10.1. The third-order valence-electron chi connectivity index (χ3n) is 4.91. The van der Waals surface area contributed by atoms with Gasteiger partial charge in [-0.2, -0.15) is 11.8 Å². The van der Waals surface area contributed by atoms with Gasteiger partial charge in [-0.25, -0.2) is 0 Å². The molecule has 2 heterocycles. The molecule has 1 aromatic carbocycles. The highest BCUT2D eigenvalue weighted by Crippen LogP contribution is 2.20. The molecule has 4 nitrogen and oxygen atoms in total. The van der Waals surface area contributed by atoms with E-state index in [4.69, 9.17) is 0 Å². The van der Waals surface area contributed by atoms with E-state index in [1.807, 2.05) is 30.5 Å². The number of nitrogens with one attached hydrogen (secondary N) is 1. The molecule has 1 aliphatic rings. The standard InChI is InChI=1S/C22H29N3OS/c1-27-14-6-11-23-22(26)20-8-5-7-19(15-20)21-10-9-18(16-24-21)17-25-12-3-2-4-13-25/h5,7-10,15-16H,2-4,6,11-14,17H2,1H3,(H,23,26). The smallest absolute Gasteiger partial charge is 0.251 e. The maximum absolute atomic E-state index is 12.3. The van der Waals surface area contributed by atoms with E-state index in [1.165, 1.54) is 37.9 Å². The summed E-state index contributed by atoms with van der Waals surface area (Å²) in [5, 5.41) is 2.99. The number of hydrogen-bond donors (Lipinski definition) is 1. The summed E-state index contributed by atoms with van der Waals surface area (Å²) in [6.45, 7) is 4.07. The second-order valence-electron chi connectivity index (χ2n) is 7.07. The molecule has 1 aromatic heterocycles. The van der Waals surface area contributed by atoms with Crippen molar-refractivity contribution in [3.8, 4) is 11.3 Å². The van der Waals surface area contributed by atoms with Crippen LogP contribution in [-0.2, 0) is 6.54 Å². The fourth-order valence-corrected chi connectivity index (χ4v) is 3.84. The molecule has 0 radical (unpaired) electrons. The molecule has 0 atom stereocenters. The summed E-state index contributed by atoms with van der Waals surface area (Å²) in [4.78, 5) is 19.5. The van der Waals surface area contributed by atoms with Crippen molar-refractivity contribution in [3.05, 3.63) is 53.7 Å². The largest absolute Gasteiger partial charge is 0.352 e. The van der Waals surface area contributed by atoms with Crippen molar-refractivity contribution in [2.75, 3.05) is 31.6 Å². The van der Waals surface area contributed by atoms with E-state index in [-0.39, 0.29) is 5.91 Å². The van der Waals surface area contributed by atoms with Gasteiger partial charge in [-0.15, -0.1) is 0 Å². The molecule has 1 N–H and O–H groups in total. The van der Waals surface area contributed by atoms with E-state index in [1.54, 1.807) is 11.8 Å². The Balaban J connectivity index is 1.61. The Morgan fingerprint density at radius 3 is 2.78 bits per heavy atom. The molecule has 0 aliphatic carbocycles. The van der Waals surface area contributed by atoms with Gasteiger partial charge in [0.15, 0.2) is 0 Å². The number of pyridine rings is 1. The van der Waals surface area contributed by atoms with Gasteiger partial charge >= 0.3 is 0 Å². The molecular weight excluding hydrogens is 354 g/mol. The Kier molecular flexibility index (Phi) is 7.72. The van der Waals surface area contributed by atoms with E-state index >= 15 is 0 Å². The maximum Gasteiger partial charge on any atom is 0.251 e. The van der Waals surface area contributed by atoms with Gasteiger partial charge in [-0.1, -0.05) is 24.6 Å². The minimum atomic E-state index is -0.0142. The highest BCUT2D eigenvalue weighted by molar-refractivity contribution is 7.98. The lowest BCUT2D eigenvalue weighted by Gasteiger charge is -2.26. The number of carbonyl (C=O) groups is 1. The van der Waals surface area contributed by atoms with Crippen molar-refractivity contribution in [2.24, 2.45) is 0 Å². The summed E-state index contributed by atoms with van der Waals surface area (Å²) in [5.74, 6) is 1.05. The van der Waals surface area contributed by atoms with Crippen LogP contribution in [0.3, 0.4) is 0 Å². The number of aromatic nitrogens is 1. The van der Waals surface area contributed by atoms with Crippen molar-refractivity contribution in [1.29, 1.82) is 0 Å². The summed E-state index contributed by atoms with van der Waals surface area (Å²) in [6, 6.07) is 11.9. The van der Waals surface area contributed by atoms with Gasteiger partial charge in [-0.3, -0.25) is 14.7 Å². The molecule has 5 heteroatoms. The molecule has 0 spiro atoms. The van der Waals surface area contributed by atoms with Crippen LogP contribution in [0, 0.1) is 0 Å². The van der Waals surface area contributed by atoms with Gasteiger partial charge < -0.3 is 5.32 Å². The molecule has 0 saturated carbocycles. The second kappa shape index (κ2) is 10.5. The van der Waals surface area contributed by atoms with Crippen LogP contribution < -0.4 is 5.32 Å². The van der Waals surface area contributed by atoms with Gasteiger partial charge in [0.2, 0.25) is 0 Å². The number of carbonyl (C=O) groups excluding carboxylic acids is 1. The van der Waals surface area contributed by atoms with E-state index < -0.39 is 0 Å². The van der Waals surface area contributed by atoms with Crippen LogP contribution in [-0.4, -0.2) is 47.4 Å². The summed E-state index contributed by atoms with van der Waals surface area (Å²) in [5.41, 5.74) is 3.84. The zero-order chi connectivity index (χ0) is 18.9. The zero-order valence-electron chi connectivity index (χ0n) is 16.1. The third-order valence-corrected chi connectivity index (χ3v) is 5.61. The van der Waals surface area contributed by atoms with Gasteiger partial charge in [0, 0.05) is 30.4 Å². The number of benzene rings is 1. The Bertz CT molecular complexity index is 727. The predicted octanol–water partition coefficient (Wildman–Crippen LogP) is 4.22. The lowest BCUT2D eigenvalue weighted by Crippen LogP contribution is -2.29. The number of piperidine rings is 1. The number of hydrogen-bond acceptors (Lipinski definition) is 4. The molecule has 3 rings (SSSR count). The molecule has 1 aliphatic heterocycles. The van der Waals surface area contributed by atoms with E-state index in [0.717, 1.165) is 30.0 Å². The van der Waals surface area contributed by atoms with Crippen LogP contribution in [0.5, 0.6) is 0 Å². The summed E-state index contributed by atoms with van der Waals surface area (Å²) in [6.07, 6.45) is 9.01. The van der Waals surface area contributed by atoms with Crippen molar-refractivity contribution >= 4 is 17.7 Å². The zero-order valence-corrected chi connectivity index (χ0v) is 16.9. The van der Waals surface area contributed by atoms with Crippen molar-refractivity contribution < 1.29 is 4.79 Å². The minimum absolute atomic E-state index is 0.0142. The van der Waals surface area contributed by atoms with E-state index in [2.05, 4.69) is 33.6 Å². The molecule has 27 heavy (non-hydrogen) atoms.